The van der Waals surface area contributed by atoms with Gasteiger partial charge in [0.1, 0.15) is 11.6 Å². The number of rotatable bonds is 7. The second-order valence-electron chi connectivity index (χ2n) is 7.10. The molecule has 2 aromatic rings. The lowest BCUT2D eigenvalue weighted by molar-refractivity contribution is 0.187. The summed E-state index contributed by atoms with van der Waals surface area (Å²) >= 11 is 0. The molecule has 8 heteroatoms. The molecule has 30 heavy (non-hydrogen) atoms. The first-order chi connectivity index (χ1) is 14.2. The molecule has 7 nitrogen and oxygen atoms in total. The molecule has 3 N–H and O–H groups in total. The van der Waals surface area contributed by atoms with E-state index in [1.54, 1.807) is 7.11 Å². The molecule has 0 saturated carbocycles. The molecule has 0 radical (unpaired) electrons. The van der Waals surface area contributed by atoms with E-state index in [4.69, 9.17) is 4.74 Å². The van der Waals surface area contributed by atoms with Crippen LogP contribution in [0.4, 0.5) is 5.82 Å². The van der Waals surface area contributed by atoms with Gasteiger partial charge >= 0.3 is 0 Å². The van der Waals surface area contributed by atoms with Crippen molar-refractivity contribution in [1.29, 1.82) is 0 Å². The highest BCUT2D eigenvalue weighted by Gasteiger charge is 2.21. The largest absolute Gasteiger partial charge is 0.497 e. The van der Waals surface area contributed by atoms with Crippen LogP contribution in [0.3, 0.4) is 0 Å². The maximum Gasteiger partial charge on any atom is 0.191 e. The monoisotopic (exact) mass is 525 g/mol. The topological polar surface area (TPSA) is 82.0 Å². The second kappa shape index (κ2) is 12.6. The van der Waals surface area contributed by atoms with Gasteiger partial charge in [0, 0.05) is 31.9 Å². The van der Waals surface area contributed by atoms with Gasteiger partial charge in [-0.1, -0.05) is 18.2 Å². The van der Waals surface area contributed by atoms with Crippen LogP contribution in [0, 0.1) is 0 Å². The zero-order valence-corrected chi connectivity index (χ0v) is 20.0. The Morgan fingerprint density at radius 2 is 1.97 bits per heavy atom. The van der Waals surface area contributed by atoms with Crippen LogP contribution in [0.25, 0.3) is 0 Å². The molecular formula is C22H32IN5O2. The first kappa shape index (κ1) is 24.2. The molecule has 3 rings (SSSR count). The van der Waals surface area contributed by atoms with E-state index in [2.05, 4.69) is 31.6 Å². The molecule has 0 bridgehead atoms. The number of aromatic nitrogens is 1. The third-order valence-electron chi connectivity index (χ3n) is 5.08. The smallest absolute Gasteiger partial charge is 0.191 e. The Labute approximate surface area is 196 Å². The summed E-state index contributed by atoms with van der Waals surface area (Å²) in [7, 11) is 1.63. The molecule has 1 unspecified atom stereocenters. The van der Waals surface area contributed by atoms with Gasteiger partial charge in [-0.2, -0.15) is 0 Å². The number of hydrogen-bond acceptors (Lipinski definition) is 5. The Bertz CT molecular complexity index is 765. The minimum Gasteiger partial charge on any atom is -0.497 e. The molecule has 1 aromatic heterocycles. The normalized spacial score (nSPS) is 15.8. The number of nitrogens with zero attached hydrogens (tertiary/aromatic N) is 3. The summed E-state index contributed by atoms with van der Waals surface area (Å²) in [5.74, 6) is 2.56. The fourth-order valence-electron chi connectivity index (χ4n) is 3.42. The Morgan fingerprint density at radius 3 is 2.57 bits per heavy atom. The Balaban J connectivity index is 0.00000320. The molecule has 1 aliphatic rings. The number of pyridine rings is 1. The lowest BCUT2D eigenvalue weighted by atomic mass is 10.1. The molecule has 0 aliphatic carbocycles. The van der Waals surface area contributed by atoms with Crippen molar-refractivity contribution >= 4 is 35.8 Å². The van der Waals surface area contributed by atoms with Gasteiger partial charge < -0.3 is 25.4 Å². The number of methoxy groups -OCH3 is 1. The standard InChI is InChI=1S/C22H31N5O2.HI/c1-3-23-22(25-16-20(28)17-7-9-19(29-2)10-8-17)26-18-11-14-27(15-12-18)21-6-4-5-13-24-21;/h4-10,13,18,20,28H,3,11-12,14-16H2,1-2H3,(H2,23,25,26);1H. The number of halogens is 1. The molecule has 1 aromatic carbocycles. The van der Waals surface area contributed by atoms with Crippen molar-refractivity contribution in [3.8, 4) is 5.75 Å². The van der Waals surface area contributed by atoms with E-state index in [0.717, 1.165) is 55.6 Å². The zero-order valence-electron chi connectivity index (χ0n) is 17.6. The van der Waals surface area contributed by atoms with Crippen molar-refractivity contribution in [2.75, 3.05) is 38.2 Å². The number of ether oxygens (including phenoxy) is 1. The van der Waals surface area contributed by atoms with Crippen molar-refractivity contribution in [1.82, 2.24) is 15.6 Å². The minimum atomic E-state index is -0.651. The first-order valence-corrected chi connectivity index (χ1v) is 10.2. The van der Waals surface area contributed by atoms with Gasteiger partial charge in [-0.25, -0.2) is 4.98 Å². The van der Waals surface area contributed by atoms with Gasteiger partial charge in [0.05, 0.1) is 19.8 Å². The number of hydrogen-bond donors (Lipinski definition) is 3. The first-order valence-electron chi connectivity index (χ1n) is 10.2. The van der Waals surface area contributed by atoms with Gasteiger partial charge in [-0.05, 0) is 49.6 Å². The molecule has 0 amide bonds. The van der Waals surface area contributed by atoms with E-state index in [1.165, 1.54) is 0 Å². The van der Waals surface area contributed by atoms with E-state index in [0.29, 0.717) is 12.6 Å². The van der Waals surface area contributed by atoms with Crippen LogP contribution in [0.5, 0.6) is 5.75 Å². The van der Waals surface area contributed by atoms with Crippen LogP contribution >= 0.6 is 24.0 Å². The molecular weight excluding hydrogens is 493 g/mol. The predicted molar refractivity (Wildman–Crippen MR) is 132 cm³/mol. The number of piperidine rings is 1. The number of nitrogens with one attached hydrogen (secondary N) is 2. The van der Waals surface area contributed by atoms with Gasteiger partial charge in [0.2, 0.25) is 0 Å². The fourth-order valence-corrected chi connectivity index (χ4v) is 3.42. The quantitative estimate of drug-likeness (QED) is 0.293. The number of aliphatic imine (C=N–C) groups is 1. The van der Waals surface area contributed by atoms with Crippen molar-refractivity contribution < 1.29 is 9.84 Å². The van der Waals surface area contributed by atoms with Crippen LogP contribution in [0.2, 0.25) is 0 Å². The van der Waals surface area contributed by atoms with E-state index in [1.807, 2.05) is 49.5 Å². The molecule has 2 heterocycles. The lowest BCUT2D eigenvalue weighted by Crippen LogP contribution is -2.49. The Hall–Kier alpha value is -2.07. The lowest BCUT2D eigenvalue weighted by Gasteiger charge is -2.33. The maximum atomic E-state index is 10.5. The average Bonchev–Trinajstić information content (AvgIpc) is 2.78. The molecule has 0 spiro atoms. The van der Waals surface area contributed by atoms with Gasteiger partial charge in [-0.3, -0.25) is 4.99 Å². The van der Waals surface area contributed by atoms with Gasteiger partial charge in [-0.15, -0.1) is 24.0 Å². The maximum absolute atomic E-state index is 10.5. The summed E-state index contributed by atoms with van der Waals surface area (Å²) in [6, 6.07) is 13.8. The van der Waals surface area contributed by atoms with Crippen LogP contribution < -0.4 is 20.3 Å². The molecule has 1 fully saturated rings. The van der Waals surface area contributed by atoms with Crippen LogP contribution in [0.15, 0.2) is 53.7 Å². The predicted octanol–water partition coefficient (Wildman–Crippen LogP) is 2.97. The van der Waals surface area contributed by atoms with E-state index >= 15 is 0 Å². The van der Waals surface area contributed by atoms with Crippen molar-refractivity contribution in [3.63, 3.8) is 0 Å². The summed E-state index contributed by atoms with van der Waals surface area (Å²) in [5.41, 5.74) is 0.828. The van der Waals surface area contributed by atoms with Crippen molar-refractivity contribution in [3.05, 3.63) is 54.2 Å². The van der Waals surface area contributed by atoms with Crippen molar-refractivity contribution in [2.24, 2.45) is 4.99 Å². The Morgan fingerprint density at radius 1 is 1.23 bits per heavy atom. The summed E-state index contributed by atoms with van der Waals surface area (Å²) in [6.45, 7) is 5.04. The summed E-state index contributed by atoms with van der Waals surface area (Å²) in [5, 5.41) is 17.2. The minimum absolute atomic E-state index is 0. The molecule has 1 aliphatic heterocycles. The molecule has 1 saturated heterocycles. The van der Waals surface area contributed by atoms with Crippen molar-refractivity contribution in [2.45, 2.75) is 31.9 Å². The van der Waals surface area contributed by atoms with Crippen LogP contribution in [0.1, 0.15) is 31.4 Å². The SMILES string of the molecule is CCNC(=NCC(O)c1ccc(OC)cc1)NC1CCN(c2ccccn2)CC1.I. The number of aliphatic hydroxyl groups is 1. The highest BCUT2D eigenvalue weighted by Crippen LogP contribution is 2.19. The van der Waals surface area contributed by atoms with E-state index in [-0.39, 0.29) is 24.0 Å². The van der Waals surface area contributed by atoms with E-state index in [9.17, 15) is 5.11 Å². The van der Waals surface area contributed by atoms with Gasteiger partial charge in [0.15, 0.2) is 5.96 Å². The summed E-state index contributed by atoms with van der Waals surface area (Å²) in [6.07, 6.45) is 3.22. The second-order valence-corrected chi connectivity index (χ2v) is 7.10. The third-order valence-corrected chi connectivity index (χ3v) is 5.08. The zero-order chi connectivity index (χ0) is 20.5. The fraction of sp³-hybridized carbons (Fsp3) is 0.455. The number of benzene rings is 1. The van der Waals surface area contributed by atoms with Crippen LogP contribution in [-0.4, -0.2) is 55.4 Å². The van der Waals surface area contributed by atoms with Crippen LogP contribution in [-0.2, 0) is 0 Å². The van der Waals surface area contributed by atoms with Gasteiger partial charge in [0.25, 0.3) is 0 Å². The number of guanidine groups is 1. The third kappa shape index (κ3) is 7.02. The summed E-state index contributed by atoms with van der Waals surface area (Å²) < 4.78 is 5.16. The summed E-state index contributed by atoms with van der Waals surface area (Å²) in [4.78, 5) is 11.3. The number of aliphatic hydroxyl groups excluding tert-OH is 1. The molecule has 1 atom stereocenters. The average molecular weight is 525 g/mol. The number of anilines is 1. The highest BCUT2D eigenvalue weighted by molar-refractivity contribution is 14.0. The Kier molecular flexibility index (Phi) is 10.2. The molecule has 164 valence electrons. The highest BCUT2D eigenvalue weighted by atomic mass is 127. The van der Waals surface area contributed by atoms with E-state index < -0.39 is 6.10 Å².